The summed E-state index contributed by atoms with van der Waals surface area (Å²) in [5.74, 6) is 1.04. The highest BCUT2D eigenvalue weighted by Gasteiger charge is 2.28. The fraction of sp³-hybridized carbons (Fsp3) is 0.529. The molecule has 0 atom stereocenters. The van der Waals surface area contributed by atoms with Gasteiger partial charge in [0, 0.05) is 31.9 Å². The predicted octanol–water partition coefficient (Wildman–Crippen LogP) is 3.45. The predicted molar refractivity (Wildman–Crippen MR) is 113 cm³/mol. The maximum Gasteiger partial charge on any atom is 0.243 e. The number of hydrogen-bond acceptors (Lipinski definition) is 7. The number of rotatable bonds is 7. The summed E-state index contributed by atoms with van der Waals surface area (Å²) in [5.41, 5.74) is 1.05. The smallest absolute Gasteiger partial charge is 0.243 e. The van der Waals surface area contributed by atoms with E-state index in [0.29, 0.717) is 37.7 Å². The van der Waals surface area contributed by atoms with Crippen molar-refractivity contribution < 1.29 is 8.42 Å². The Labute approximate surface area is 174 Å². The van der Waals surface area contributed by atoms with E-state index in [1.165, 1.54) is 0 Å². The van der Waals surface area contributed by atoms with Gasteiger partial charge in [0.2, 0.25) is 10.0 Å². The zero-order valence-corrected chi connectivity index (χ0v) is 18.8. The highest BCUT2D eigenvalue weighted by Crippen LogP contribution is 2.23. The monoisotopic (exact) mass is 444 g/mol. The number of thioether (sulfide) groups is 1. The zero-order chi connectivity index (χ0) is 19.4. The second-order valence-electron chi connectivity index (χ2n) is 6.46. The third-order valence-corrected chi connectivity index (χ3v) is 8.90. The molecule has 2 heterocycles. The highest BCUT2D eigenvalue weighted by atomic mass is 32.2. The van der Waals surface area contributed by atoms with Crippen LogP contribution in [0.1, 0.15) is 18.9 Å². The maximum atomic E-state index is 12.8. The molecule has 1 aliphatic heterocycles. The van der Waals surface area contributed by atoms with Crippen LogP contribution in [0.4, 0.5) is 0 Å². The number of aryl methyl sites for hydroxylation is 1. The Balaban J connectivity index is 1.60. The van der Waals surface area contributed by atoms with E-state index in [0.717, 1.165) is 26.0 Å². The minimum atomic E-state index is -3.43. The van der Waals surface area contributed by atoms with E-state index < -0.39 is 10.0 Å². The largest absolute Gasteiger partial charge is 0.282 e. The van der Waals surface area contributed by atoms with Gasteiger partial charge in [-0.2, -0.15) is 9.40 Å². The van der Waals surface area contributed by atoms with Crippen LogP contribution in [-0.4, -0.2) is 59.3 Å². The molecule has 0 aliphatic carbocycles. The summed E-state index contributed by atoms with van der Waals surface area (Å²) in [6, 6.07) is 7.03. The molecule has 1 aromatic carbocycles. The first-order valence-electron chi connectivity index (χ1n) is 8.90. The average Bonchev–Trinajstić information content (AvgIpc) is 3.00. The molecule has 0 radical (unpaired) electrons. The molecule has 0 N–H and O–H groups in total. The van der Waals surface area contributed by atoms with E-state index in [9.17, 15) is 8.42 Å². The molecule has 0 bridgehead atoms. The molecule has 0 saturated carbocycles. The molecule has 1 aromatic heterocycles. The van der Waals surface area contributed by atoms with E-state index in [4.69, 9.17) is 12.2 Å². The topological polar surface area (TPSA) is 58.4 Å². The Bertz CT molecular complexity index is 913. The summed E-state index contributed by atoms with van der Waals surface area (Å²) in [6.45, 7) is 7.00. The normalized spacial score (nSPS) is 16.7. The zero-order valence-electron chi connectivity index (χ0n) is 15.5. The van der Waals surface area contributed by atoms with Crippen LogP contribution in [-0.2, 0) is 16.7 Å². The van der Waals surface area contributed by atoms with Crippen molar-refractivity contribution in [2.45, 2.75) is 36.2 Å². The van der Waals surface area contributed by atoms with Gasteiger partial charge in [-0.05, 0) is 37.7 Å². The summed E-state index contributed by atoms with van der Waals surface area (Å²) in [7, 11) is -3.43. The molecular weight excluding hydrogens is 420 g/mol. The molecule has 2 aromatic rings. The van der Waals surface area contributed by atoms with Crippen LogP contribution >= 0.6 is 35.3 Å². The minimum absolute atomic E-state index is 0.362. The summed E-state index contributed by atoms with van der Waals surface area (Å²) in [5, 5.41) is 4.59. The number of aromatic nitrogens is 2. The Morgan fingerprint density at radius 1 is 1.19 bits per heavy atom. The summed E-state index contributed by atoms with van der Waals surface area (Å²) >= 11 is 8.70. The molecule has 0 spiro atoms. The van der Waals surface area contributed by atoms with Gasteiger partial charge in [0.05, 0.1) is 11.6 Å². The second kappa shape index (κ2) is 9.15. The van der Waals surface area contributed by atoms with Gasteiger partial charge in [-0.25, -0.2) is 13.1 Å². The lowest BCUT2D eigenvalue weighted by molar-refractivity contribution is 0.144. The second-order valence-corrected chi connectivity index (χ2v) is 11.4. The van der Waals surface area contributed by atoms with Crippen molar-refractivity contribution in [3.63, 3.8) is 0 Å². The summed E-state index contributed by atoms with van der Waals surface area (Å²) < 4.78 is 30.8. The van der Waals surface area contributed by atoms with E-state index in [-0.39, 0.29) is 0 Å². The number of hydrogen-bond donors (Lipinski definition) is 0. The van der Waals surface area contributed by atoms with Gasteiger partial charge in [0.25, 0.3) is 0 Å². The lowest BCUT2D eigenvalue weighted by atomic mass is 10.2. The van der Waals surface area contributed by atoms with Gasteiger partial charge in [0.15, 0.2) is 8.29 Å². The Morgan fingerprint density at radius 2 is 1.85 bits per heavy atom. The number of piperazine rings is 1. The van der Waals surface area contributed by atoms with Crippen LogP contribution in [0.3, 0.4) is 0 Å². The van der Waals surface area contributed by atoms with Crippen molar-refractivity contribution in [3.05, 3.63) is 33.8 Å². The minimum Gasteiger partial charge on any atom is -0.282 e. The Morgan fingerprint density at radius 3 is 2.48 bits per heavy atom. The molecule has 1 aliphatic rings. The molecule has 6 nitrogen and oxygen atoms in total. The molecule has 1 saturated heterocycles. The Hall–Kier alpha value is -0.780. The van der Waals surface area contributed by atoms with Gasteiger partial charge in [-0.1, -0.05) is 47.7 Å². The third kappa shape index (κ3) is 5.18. The van der Waals surface area contributed by atoms with Gasteiger partial charge in [-0.15, -0.1) is 0 Å². The van der Waals surface area contributed by atoms with Gasteiger partial charge >= 0.3 is 0 Å². The standard InChI is InChI=1S/C17H24N4O2S4/c1-3-12-25-16-18-21(17(24)26-16)13-19-8-10-20(11-9-19)27(22,23)15-6-4-14(2)5-7-15/h4-7H,3,8-13H2,1-2H3. The van der Waals surface area contributed by atoms with Crippen molar-refractivity contribution >= 4 is 45.3 Å². The van der Waals surface area contributed by atoms with Crippen molar-refractivity contribution in [2.24, 2.45) is 0 Å². The van der Waals surface area contributed by atoms with E-state index >= 15 is 0 Å². The lowest BCUT2D eigenvalue weighted by Crippen LogP contribution is -2.48. The van der Waals surface area contributed by atoms with Crippen LogP contribution in [0.2, 0.25) is 0 Å². The first kappa shape index (κ1) is 20.9. The molecule has 27 heavy (non-hydrogen) atoms. The summed E-state index contributed by atoms with van der Waals surface area (Å²) in [4.78, 5) is 2.56. The molecule has 10 heteroatoms. The number of nitrogens with zero attached hydrogens (tertiary/aromatic N) is 4. The van der Waals surface area contributed by atoms with Crippen molar-refractivity contribution in [1.82, 2.24) is 19.0 Å². The van der Waals surface area contributed by atoms with Crippen LogP contribution in [0, 0.1) is 10.9 Å². The van der Waals surface area contributed by atoms with E-state index in [2.05, 4.69) is 16.9 Å². The van der Waals surface area contributed by atoms with Crippen LogP contribution in [0.15, 0.2) is 33.5 Å². The van der Waals surface area contributed by atoms with Crippen molar-refractivity contribution in [2.75, 3.05) is 31.9 Å². The molecule has 3 rings (SSSR count). The van der Waals surface area contributed by atoms with Gasteiger partial charge in [0.1, 0.15) is 0 Å². The quantitative estimate of drug-likeness (QED) is 0.482. The molecule has 1 fully saturated rings. The molecular formula is C17H24N4O2S4. The fourth-order valence-corrected chi connectivity index (χ4v) is 6.45. The highest BCUT2D eigenvalue weighted by molar-refractivity contribution is 8.01. The van der Waals surface area contributed by atoms with E-state index in [1.54, 1.807) is 39.5 Å². The number of benzene rings is 1. The maximum absolute atomic E-state index is 12.8. The first-order chi connectivity index (χ1) is 12.9. The summed E-state index contributed by atoms with van der Waals surface area (Å²) in [6.07, 6.45) is 1.11. The van der Waals surface area contributed by atoms with E-state index in [1.807, 2.05) is 23.7 Å². The lowest BCUT2D eigenvalue weighted by Gasteiger charge is -2.33. The molecule has 0 unspecified atom stereocenters. The third-order valence-electron chi connectivity index (χ3n) is 4.34. The molecule has 148 valence electrons. The van der Waals surface area contributed by atoms with Gasteiger partial charge < -0.3 is 0 Å². The van der Waals surface area contributed by atoms with Crippen LogP contribution < -0.4 is 0 Å². The first-order valence-corrected chi connectivity index (χ1v) is 12.5. The van der Waals surface area contributed by atoms with Crippen molar-refractivity contribution in [3.8, 4) is 0 Å². The Kier molecular flexibility index (Phi) is 7.09. The average molecular weight is 445 g/mol. The fourth-order valence-electron chi connectivity index (χ4n) is 2.78. The van der Waals surface area contributed by atoms with Crippen LogP contribution in [0.5, 0.6) is 0 Å². The number of sulfonamides is 1. The molecule has 0 amide bonds. The van der Waals surface area contributed by atoms with Crippen molar-refractivity contribution in [1.29, 1.82) is 0 Å². The van der Waals surface area contributed by atoms with Gasteiger partial charge in [-0.3, -0.25) is 4.90 Å². The van der Waals surface area contributed by atoms with Crippen LogP contribution in [0.25, 0.3) is 0 Å². The SMILES string of the molecule is CCCSc1nn(CN2CCN(S(=O)(=O)c3ccc(C)cc3)CC2)c(=S)s1.